The topological polar surface area (TPSA) is 114 Å². The maximum Gasteiger partial charge on any atom is 0.352 e. The van der Waals surface area contributed by atoms with Crippen LogP contribution in [-0.4, -0.2) is 72.8 Å². The SMILES string of the molecule is COc1cccc(Cn2c(=O)c(C(=O)N3CCOCC3)nn(-c3ccc(OC)c(OC)c3)c2=O)c1. The molecule has 1 amide bonds. The fourth-order valence-corrected chi connectivity index (χ4v) is 3.78. The lowest BCUT2D eigenvalue weighted by atomic mass is 10.2. The van der Waals surface area contributed by atoms with Gasteiger partial charge in [0.15, 0.2) is 11.5 Å². The molecular weight excluding hydrogens is 456 g/mol. The van der Waals surface area contributed by atoms with Gasteiger partial charge in [0.2, 0.25) is 5.69 Å². The van der Waals surface area contributed by atoms with E-state index in [1.54, 1.807) is 42.5 Å². The summed E-state index contributed by atoms with van der Waals surface area (Å²) in [5, 5.41) is 4.20. The lowest BCUT2D eigenvalue weighted by Crippen LogP contribution is -2.48. The number of morpholine rings is 1. The minimum absolute atomic E-state index is 0.0753. The Labute approximate surface area is 201 Å². The van der Waals surface area contributed by atoms with E-state index in [-0.39, 0.29) is 12.2 Å². The van der Waals surface area contributed by atoms with Crippen LogP contribution in [0.4, 0.5) is 0 Å². The highest BCUT2D eigenvalue weighted by Crippen LogP contribution is 2.28. The predicted molar refractivity (Wildman–Crippen MR) is 126 cm³/mol. The Morgan fingerprint density at radius 3 is 2.40 bits per heavy atom. The number of amides is 1. The lowest BCUT2D eigenvalue weighted by Gasteiger charge is -2.26. The molecular formula is C24H26N4O7. The van der Waals surface area contributed by atoms with Crippen LogP contribution in [0.25, 0.3) is 5.69 Å². The summed E-state index contributed by atoms with van der Waals surface area (Å²) in [7, 11) is 4.49. The van der Waals surface area contributed by atoms with Crippen LogP contribution in [0.15, 0.2) is 52.1 Å². The maximum absolute atomic E-state index is 13.5. The average Bonchev–Trinajstić information content (AvgIpc) is 2.91. The Kier molecular flexibility index (Phi) is 7.16. The van der Waals surface area contributed by atoms with Crippen LogP contribution in [0.5, 0.6) is 17.2 Å². The van der Waals surface area contributed by atoms with Gasteiger partial charge >= 0.3 is 5.69 Å². The summed E-state index contributed by atoms with van der Waals surface area (Å²) in [5.41, 5.74) is -0.875. The van der Waals surface area contributed by atoms with Crippen LogP contribution in [0.1, 0.15) is 16.1 Å². The molecule has 0 radical (unpaired) electrons. The second-order valence-corrected chi connectivity index (χ2v) is 7.73. The van der Waals surface area contributed by atoms with Crippen LogP contribution in [0, 0.1) is 0 Å². The predicted octanol–water partition coefficient (Wildman–Crippen LogP) is 0.941. The molecule has 2 aromatic carbocycles. The summed E-state index contributed by atoms with van der Waals surface area (Å²) in [4.78, 5) is 41.6. The molecule has 4 rings (SSSR count). The van der Waals surface area contributed by atoms with Crippen LogP contribution in [0.3, 0.4) is 0 Å². The van der Waals surface area contributed by atoms with Crippen molar-refractivity contribution in [2.24, 2.45) is 0 Å². The molecule has 0 saturated carbocycles. The summed E-state index contributed by atoms with van der Waals surface area (Å²) < 4.78 is 23.2. The van der Waals surface area contributed by atoms with Gasteiger partial charge in [-0.2, -0.15) is 9.78 Å². The van der Waals surface area contributed by atoms with E-state index < -0.39 is 17.2 Å². The molecule has 1 saturated heterocycles. The number of carbonyl (C=O) groups is 1. The highest BCUT2D eigenvalue weighted by atomic mass is 16.5. The van der Waals surface area contributed by atoms with E-state index in [0.29, 0.717) is 54.8 Å². The van der Waals surface area contributed by atoms with Crippen LogP contribution in [-0.2, 0) is 11.3 Å². The van der Waals surface area contributed by atoms with Gasteiger partial charge < -0.3 is 23.8 Å². The Hall–Kier alpha value is -4.12. The van der Waals surface area contributed by atoms with Crippen LogP contribution < -0.4 is 25.5 Å². The summed E-state index contributed by atoms with van der Waals surface area (Å²) in [6, 6.07) is 11.8. The lowest BCUT2D eigenvalue weighted by molar-refractivity contribution is 0.0295. The molecule has 0 aliphatic carbocycles. The summed E-state index contributed by atoms with van der Waals surface area (Å²) in [6.45, 7) is 1.29. The van der Waals surface area contributed by atoms with E-state index >= 15 is 0 Å². The average molecular weight is 482 g/mol. The van der Waals surface area contributed by atoms with Gasteiger partial charge in [-0.15, -0.1) is 0 Å². The molecule has 0 bridgehead atoms. The third-order valence-electron chi connectivity index (χ3n) is 5.65. The Morgan fingerprint density at radius 2 is 1.71 bits per heavy atom. The molecule has 1 aliphatic heterocycles. The van der Waals surface area contributed by atoms with Crippen molar-refractivity contribution in [1.82, 2.24) is 19.2 Å². The molecule has 0 atom stereocenters. The Bertz CT molecular complexity index is 1340. The summed E-state index contributed by atoms with van der Waals surface area (Å²) in [6.07, 6.45) is 0. The quantitative estimate of drug-likeness (QED) is 0.489. The molecule has 184 valence electrons. The molecule has 11 nitrogen and oxygen atoms in total. The van der Waals surface area contributed by atoms with Gasteiger partial charge in [-0.1, -0.05) is 12.1 Å². The van der Waals surface area contributed by atoms with Crippen molar-refractivity contribution in [3.63, 3.8) is 0 Å². The van der Waals surface area contributed by atoms with Crippen LogP contribution >= 0.6 is 0 Å². The fourth-order valence-electron chi connectivity index (χ4n) is 3.78. The molecule has 35 heavy (non-hydrogen) atoms. The zero-order valence-corrected chi connectivity index (χ0v) is 19.7. The first kappa shape index (κ1) is 24.0. The molecule has 0 N–H and O–H groups in total. The molecule has 0 unspecified atom stereocenters. The number of nitrogens with zero attached hydrogens (tertiary/aromatic N) is 4. The third kappa shape index (κ3) is 4.90. The van der Waals surface area contributed by atoms with E-state index in [4.69, 9.17) is 18.9 Å². The molecule has 1 aliphatic rings. The number of hydrogen-bond donors (Lipinski definition) is 0. The number of rotatable bonds is 7. The Morgan fingerprint density at radius 1 is 0.971 bits per heavy atom. The van der Waals surface area contributed by atoms with Gasteiger partial charge in [0.25, 0.3) is 11.5 Å². The van der Waals surface area contributed by atoms with Crippen molar-refractivity contribution in [2.45, 2.75) is 6.54 Å². The molecule has 0 spiro atoms. The summed E-state index contributed by atoms with van der Waals surface area (Å²) in [5.74, 6) is 0.838. The van der Waals surface area contributed by atoms with E-state index in [2.05, 4.69) is 5.10 Å². The molecule has 1 fully saturated rings. The first-order valence-electron chi connectivity index (χ1n) is 10.9. The first-order chi connectivity index (χ1) is 17.0. The van der Waals surface area contributed by atoms with Crippen molar-refractivity contribution in [3.8, 4) is 22.9 Å². The Balaban J connectivity index is 1.88. The standard InChI is InChI=1S/C24H26N4O7/c1-32-18-6-4-5-16(13-18)15-27-23(30)21(22(29)26-9-11-35-12-10-26)25-28(24(27)31)17-7-8-19(33-2)20(14-17)34-3/h4-8,13-14H,9-12,15H2,1-3H3. The smallest absolute Gasteiger partial charge is 0.352 e. The molecule has 11 heteroatoms. The third-order valence-corrected chi connectivity index (χ3v) is 5.65. The highest BCUT2D eigenvalue weighted by molar-refractivity contribution is 5.91. The number of aromatic nitrogens is 3. The molecule has 1 aromatic heterocycles. The molecule has 3 aromatic rings. The number of hydrogen-bond acceptors (Lipinski definition) is 8. The van der Waals surface area contributed by atoms with Gasteiger partial charge in [-0.25, -0.2) is 4.79 Å². The largest absolute Gasteiger partial charge is 0.497 e. The van der Waals surface area contributed by atoms with E-state index in [1.165, 1.54) is 26.2 Å². The minimum atomic E-state index is -0.772. The molecule has 2 heterocycles. The highest BCUT2D eigenvalue weighted by Gasteiger charge is 2.26. The van der Waals surface area contributed by atoms with Crippen LogP contribution in [0.2, 0.25) is 0 Å². The van der Waals surface area contributed by atoms with Crippen molar-refractivity contribution in [3.05, 3.63) is 74.6 Å². The van der Waals surface area contributed by atoms with Gasteiger partial charge in [0.05, 0.1) is 46.8 Å². The summed E-state index contributed by atoms with van der Waals surface area (Å²) >= 11 is 0. The second-order valence-electron chi connectivity index (χ2n) is 7.73. The fraction of sp³-hybridized carbons (Fsp3) is 0.333. The van der Waals surface area contributed by atoms with Gasteiger partial charge in [-0.3, -0.25) is 14.2 Å². The van der Waals surface area contributed by atoms with E-state index in [0.717, 1.165) is 9.25 Å². The van der Waals surface area contributed by atoms with Crippen molar-refractivity contribution in [1.29, 1.82) is 0 Å². The zero-order valence-electron chi connectivity index (χ0n) is 19.7. The first-order valence-corrected chi connectivity index (χ1v) is 10.9. The van der Waals surface area contributed by atoms with Gasteiger partial charge in [-0.05, 0) is 29.8 Å². The van der Waals surface area contributed by atoms with Gasteiger partial charge in [0.1, 0.15) is 5.75 Å². The second kappa shape index (κ2) is 10.4. The van der Waals surface area contributed by atoms with Crippen molar-refractivity contribution >= 4 is 5.91 Å². The minimum Gasteiger partial charge on any atom is -0.497 e. The van der Waals surface area contributed by atoms with E-state index in [9.17, 15) is 14.4 Å². The number of benzene rings is 2. The monoisotopic (exact) mass is 482 g/mol. The van der Waals surface area contributed by atoms with Crippen molar-refractivity contribution < 1.29 is 23.7 Å². The van der Waals surface area contributed by atoms with Gasteiger partial charge in [0, 0.05) is 19.2 Å². The zero-order chi connectivity index (χ0) is 24.9. The maximum atomic E-state index is 13.5. The van der Waals surface area contributed by atoms with E-state index in [1.807, 2.05) is 0 Å². The normalized spacial score (nSPS) is 13.4. The number of methoxy groups -OCH3 is 3. The van der Waals surface area contributed by atoms with Crippen molar-refractivity contribution in [2.75, 3.05) is 47.6 Å². The number of ether oxygens (including phenoxy) is 4. The number of carbonyl (C=O) groups excluding carboxylic acids is 1.